The van der Waals surface area contributed by atoms with E-state index < -0.39 is 9.84 Å². The fourth-order valence-electron chi connectivity index (χ4n) is 2.73. The van der Waals surface area contributed by atoms with Crippen molar-refractivity contribution in [2.75, 3.05) is 18.1 Å². The minimum Gasteiger partial charge on any atom is -0.353 e. The van der Waals surface area contributed by atoms with Crippen LogP contribution in [0.15, 0.2) is 18.5 Å². The molecular weight excluding hydrogens is 284 g/mol. The van der Waals surface area contributed by atoms with Gasteiger partial charge in [-0.2, -0.15) is 0 Å². The van der Waals surface area contributed by atoms with Crippen molar-refractivity contribution in [2.24, 2.45) is 5.92 Å². The van der Waals surface area contributed by atoms with Crippen LogP contribution in [0.4, 0.5) is 0 Å². The van der Waals surface area contributed by atoms with E-state index in [-0.39, 0.29) is 5.75 Å². The molecule has 1 N–H and O–H groups in total. The minimum absolute atomic E-state index is 0.242. The van der Waals surface area contributed by atoms with Crippen LogP contribution in [-0.4, -0.2) is 31.0 Å². The molecule has 1 aromatic rings. The van der Waals surface area contributed by atoms with E-state index in [0.29, 0.717) is 24.8 Å². The first kappa shape index (κ1) is 16.6. The predicted molar refractivity (Wildman–Crippen MR) is 87.1 cm³/mol. The van der Waals surface area contributed by atoms with Gasteiger partial charge in [-0.25, -0.2) is 8.42 Å². The van der Waals surface area contributed by atoms with E-state index in [2.05, 4.69) is 24.5 Å². The number of sulfone groups is 1. The number of hydrogen-bond acceptors (Lipinski definition) is 3. The van der Waals surface area contributed by atoms with Crippen LogP contribution in [0.3, 0.4) is 0 Å². The molecule has 1 aromatic heterocycles. The van der Waals surface area contributed by atoms with Crippen LogP contribution in [0.5, 0.6) is 0 Å². The van der Waals surface area contributed by atoms with E-state index >= 15 is 0 Å². The van der Waals surface area contributed by atoms with Crippen LogP contribution in [-0.2, 0) is 16.4 Å². The van der Waals surface area contributed by atoms with Crippen LogP contribution >= 0.6 is 0 Å². The van der Waals surface area contributed by atoms with E-state index in [9.17, 15) is 8.42 Å². The van der Waals surface area contributed by atoms with Crippen molar-refractivity contribution in [3.05, 3.63) is 24.0 Å². The molecule has 0 aromatic carbocycles. The molecule has 0 spiro atoms. The number of aromatic nitrogens is 1. The van der Waals surface area contributed by atoms with Crippen molar-refractivity contribution in [1.29, 1.82) is 0 Å². The third-order valence-corrected chi connectivity index (χ3v) is 5.85. The van der Waals surface area contributed by atoms with Crippen molar-refractivity contribution in [2.45, 2.75) is 52.1 Å². The van der Waals surface area contributed by atoms with Gasteiger partial charge in [-0.15, -0.1) is 0 Å². The summed E-state index contributed by atoms with van der Waals surface area (Å²) in [4.78, 5) is 0. The van der Waals surface area contributed by atoms with Crippen molar-refractivity contribution >= 4 is 9.84 Å². The second-order valence-corrected chi connectivity index (χ2v) is 8.41. The lowest BCUT2D eigenvalue weighted by Gasteiger charge is -2.16. The smallest absolute Gasteiger partial charge is 0.152 e. The largest absolute Gasteiger partial charge is 0.353 e. The summed E-state index contributed by atoms with van der Waals surface area (Å²) in [6, 6.07) is 2.58. The highest BCUT2D eigenvalue weighted by molar-refractivity contribution is 7.91. The number of rotatable bonds is 10. The zero-order chi connectivity index (χ0) is 15.3. The lowest BCUT2D eigenvalue weighted by atomic mass is 10.1. The standard InChI is InChI=1S/C16H28N2O2S/c1-3-8-17-16(14-5-6-14)15-7-9-18(13-15)10-12-21(19,20)11-4-2/h7,9,13-14,16-17H,3-6,8,10-12H2,1-2H3. The molecule has 21 heavy (non-hydrogen) atoms. The summed E-state index contributed by atoms with van der Waals surface area (Å²) in [6.07, 6.45) is 8.57. The minimum atomic E-state index is -2.90. The highest BCUT2D eigenvalue weighted by Crippen LogP contribution is 2.41. The Balaban J connectivity index is 1.93. The average Bonchev–Trinajstić information content (AvgIpc) is 3.16. The summed E-state index contributed by atoms with van der Waals surface area (Å²) in [5, 5.41) is 3.62. The number of aryl methyl sites for hydroxylation is 1. The summed E-state index contributed by atoms with van der Waals surface area (Å²) >= 11 is 0. The first-order valence-electron chi connectivity index (χ1n) is 8.15. The molecule has 1 aliphatic rings. The summed E-state index contributed by atoms with van der Waals surface area (Å²) in [7, 11) is -2.90. The zero-order valence-corrected chi connectivity index (χ0v) is 14.0. The number of hydrogen-bond donors (Lipinski definition) is 1. The maximum atomic E-state index is 11.8. The van der Waals surface area contributed by atoms with E-state index in [1.807, 2.05) is 17.7 Å². The maximum Gasteiger partial charge on any atom is 0.152 e. The third-order valence-electron chi connectivity index (χ3n) is 4.02. The molecule has 0 amide bonds. The van der Waals surface area contributed by atoms with Gasteiger partial charge in [0.1, 0.15) is 0 Å². The number of nitrogens with zero attached hydrogens (tertiary/aromatic N) is 1. The lowest BCUT2D eigenvalue weighted by Crippen LogP contribution is -2.23. The van der Waals surface area contributed by atoms with E-state index in [4.69, 9.17) is 0 Å². The molecule has 0 radical (unpaired) electrons. The molecule has 2 rings (SSSR count). The van der Waals surface area contributed by atoms with Gasteiger partial charge in [0.15, 0.2) is 9.84 Å². The molecule has 4 nitrogen and oxygen atoms in total. The molecule has 0 saturated heterocycles. The van der Waals surface area contributed by atoms with Crippen molar-refractivity contribution < 1.29 is 8.42 Å². The Labute approximate surface area is 128 Å². The van der Waals surface area contributed by atoms with Gasteiger partial charge in [0.25, 0.3) is 0 Å². The number of nitrogens with one attached hydrogen (secondary N) is 1. The first-order valence-corrected chi connectivity index (χ1v) is 9.97. The molecule has 0 bridgehead atoms. The fraction of sp³-hybridized carbons (Fsp3) is 0.750. The van der Waals surface area contributed by atoms with Crippen molar-refractivity contribution in [1.82, 2.24) is 9.88 Å². The van der Waals surface area contributed by atoms with Crippen LogP contribution in [0.25, 0.3) is 0 Å². The normalized spacial score (nSPS) is 17.0. The van der Waals surface area contributed by atoms with Gasteiger partial charge >= 0.3 is 0 Å². The monoisotopic (exact) mass is 312 g/mol. The molecule has 1 atom stereocenters. The molecule has 5 heteroatoms. The van der Waals surface area contributed by atoms with Gasteiger partial charge in [-0.3, -0.25) is 0 Å². The zero-order valence-electron chi connectivity index (χ0n) is 13.2. The predicted octanol–water partition coefficient (Wildman–Crippen LogP) is 2.76. The Morgan fingerprint density at radius 3 is 2.67 bits per heavy atom. The highest BCUT2D eigenvalue weighted by atomic mass is 32.2. The summed E-state index contributed by atoms with van der Waals surface area (Å²) in [5.74, 6) is 1.30. The van der Waals surface area contributed by atoms with E-state index in [1.54, 1.807) is 0 Å². The van der Waals surface area contributed by atoms with Crippen LogP contribution < -0.4 is 5.32 Å². The lowest BCUT2D eigenvalue weighted by molar-refractivity contribution is 0.480. The molecule has 0 aliphatic heterocycles. The molecular formula is C16H28N2O2S. The Hall–Kier alpha value is -0.810. The van der Waals surface area contributed by atoms with Gasteiger partial charge in [0.2, 0.25) is 0 Å². The molecule has 1 aliphatic carbocycles. The molecule has 1 fully saturated rings. The maximum absolute atomic E-state index is 11.8. The van der Waals surface area contributed by atoms with E-state index in [0.717, 1.165) is 18.9 Å². The van der Waals surface area contributed by atoms with Gasteiger partial charge in [-0.05, 0) is 49.8 Å². The van der Waals surface area contributed by atoms with Gasteiger partial charge in [0.05, 0.1) is 5.75 Å². The third kappa shape index (κ3) is 5.15. The quantitative estimate of drug-likeness (QED) is 0.723. The molecule has 1 heterocycles. The van der Waals surface area contributed by atoms with Gasteiger partial charge in [0, 0.05) is 30.7 Å². The second kappa shape index (κ2) is 7.45. The highest BCUT2D eigenvalue weighted by Gasteiger charge is 2.32. The van der Waals surface area contributed by atoms with Crippen LogP contribution in [0, 0.1) is 5.92 Å². The summed E-state index contributed by atoms with van der Waals surface area (Å²) in [6.45, 7) is 5.69. The summed E-state index contributed by atoms with van der Waals surface area (Å²) < 4.78 is 25.6. The van der Waals surface area contributed by atoms with Gasteiger partial charge in [-0.1, -0.05) is 13.8 Å². The average molecular weight is 312 g/mol. The first-order chi connectivity index (χ1) is 10.1. The SMILES string of the molecule is CCCNC(c1ccn(CCS(=O)(=O)CCC)c1)C1CC1. The molecule has 1 unspecified atom stereocenters. The Morgan fingerprint density at radius 1 is 1.29 bits per heavy atom. The Morgan fingerprint density at radius 2 is 2.05 bits per heavy atom. The molecule has 120 valence electrons. The van der Waals surface area contributed by atoms with Crippen molar-refractivity contribution in [3.63, 3.8) is 0 Å². The Bertz CT molecular complexity index is 532. The fourth-order valence-corrected chi connectivity index (χ4v) is 4.04. The topological polar surface area (TPSA) is 51.1 Å². The van der Waals surface area contributed by atoms with Crippen LogP contribution in [0.1, 0.15) is 51.1 Å². The molecule has 1 saturated carbocycles. The Kier molecular flexibility index (Phi) is 5.88. The summed E-state index contributed by atoms with van der Waals surface area (Å²) in [5.41, 5.74) is 1.30. The van der Waals surface area contributed by atoms with Gasteiger partial charge < -0.3 is 9.88 Å². The van der Waals surface area contributed by atoms with Crippen molar-refractivity contribution in [3.8, 4) is 0 Å². The van der Waals surface area contributed by atoms with Crippen LogP contribution in [0.2, 0.25) is 0 Å². The van der Waals surface area contributed by atoms with E-state index in [1.165, 1.54) is 18.4 Å². The second-order valence-electron chi connectivity index (χ2n) is 6.10.